The third-order valence-corrected chi connectivity index (χ3v) is 4.56. The molecule has 1 aliphatic rings. The van der Waals surface area contributed by atoms with E-state index in [1.54, 1.807) is 19.2 Å². The highest BCUT2D eigenvalue weighted by Gasteiger charge is 2.29. The molecule has 0 unspecified atom stereocenters. The topological polar surface area (TPSA) is 57.0 Å². The van der Waals surface area contributed by atoms with Crippen molar-refractivity contribution in [2.24, 2.45) is 7.05 Å². The Labute approximate surface area is 127 Å². The predicted octanol–water partition coefficient (Wildman–Crippen LogP) is 2.68. The van der Waals surface area contributed by atoms with E-state index in [2.05, 4.69) is 10.2 Å². The summed E-state index contributed by atoms with van der Waals surface area (Å²) < 4.78 is 7.14. The molecule has 0 spiro atoms. The highest BCUT2D eigenvalue weighted by Crippen LogP contribution is 2.39. The molecule has 0 N–H and O–H groups in total. The highest BCUT2D eigenvalue weighted by atomic mass is 32.2. The Morgan fingerprint density at radius 3 is 2.95 bits per heavy atom. The lowest BCUT2D eigenvalue weighted by atomic mass is 10.1. The fraction of sp³-hybridized carbons (Fsp3) is 0.400. The second-order valence-electron chi connectivity index (χ2n) is 5.12. The van der Waals surface area contributed by atoms with Crippen molar-refractivity contribution < 1.29 is 9.53 Å². The molecule has 1 fully saturated rings. The lowest BCUT2D eigenvalue weighted by molar-refractivity contribution is 0.102. The van der Waals surface area contributed by atoms with Crippen molar-refractivity contribution in [2.75, 3.05) is 12.9 Å². The molecule has 1 aromatic heterocycles. The number of aromatic nitrogens is 3. The monoisotopic (exact) mass is 303 g/mol. The fourth-order valence-electron chi connectivity index (χ4n) is 2.16. The second kappa shape index (κ2) is 5.89. The summed E-state index contributed by atoms with van der Waals surface area (Å²) in [6, 6.07) is 7.21. The van der Waals surface area contributed by atoms with Crippen molar-refractivity contribution in [1.82, 2.24) is 14.8 Å². The maximum absolute atomic E-state index is 12.2. The lowest BCUT2D eigenvalue weighted by Crippen LogP contribution is -2.04. The Balaban J connectivity index is 1.65. The quantitative estimate of drug-likeness (QED) is 0.606. The summed E-state index contributed by atoms with van der Waals surface area (Å²) in [5, 5.41) is 9.19. The zero-order chi connectivity index (χ0) is 14.8. The van der Waals surface area contributed by atoms with Gasteiger partial charge in [0.15, 0.2) is 10.9 Å². The van der Waals surface area contributed by atoms with Gasteiger partial charge in [0.05, 0.1) is 12.9 Å². The van der Waals surface area contributed by atoms with Crippen molar-refractivity contribution in [3.63, 3.8) is 0 Å². The van der Waals surface area contributed by atoms with E-state index in [9.17, 15) is 4.79 Å². The Kier molecular flexibility index (Phi) is 3.96. The van der Waals surface area contributed by atoms with Crippen LogP contribution in [0.4, 0.5) is 0 Å². The summed E-state index contributed by atoms with van der Waals surface area (Å²) in [4.78, 5) is 12.2. The molecule has 1 aromatic carbocycles. The number of thioether (sulfide) groups is 1. The summed E-state index contributed by atoms with van der Waals surface area (Å²) >= 11 is 1.43. The second-order valence-corrected chi connectivity index (χ2v) is 6.06. The van der Waals surface area contributed by atoms with Gasteiger partial charge in [-0.1, -0.05) is 23.9 Å². The van der Waals surface area contributed by atoms with Gasteiger partial charge >= 0.3 is 0 Å². The van der Waals surface area contributed by atoms with Crippen molar-refractivity contribution in [1.29, 1.82) is 0 Å². The van der Waals surface area contributed by atoms with Crippen LogP contribution >= 0.6 is 11.8 Å². The lowest BCUT2D eigenvalue weighted by Gasteiger charge is -2.04. The van der Waals surface area contributed by atoms with E-state index >= 15 is 0 Å². The Morgan fingerprint density at radius 2 is 2.24 bits per heavy atom. The molecule has 1 saturated carbocycles. The molecule has 0 radical (unpaired) electrons. The maximum Gasteiger partial charge on any atom is 0.191 e. The number of ketones is 1. The first-order valence-electron chi connectivity index (χ1n) is 6.88. The van der Waals surface area contributed by atoms with Crippen molar-refractivity contribution in [2.45, 2.75) is 23.9 Å². The third-order valence-electron chi connectivity index (χ3n) is 3.54. The fourth-order valence-corrected chi connectivity index (χ4v) is 2.97. The van der Waals surface area contributed by atoms with E-state index in [1.165, 1.54) is 24.6 Å². The van der Waals surface area contributed by atoms with Gasteiger partial charge in [-0.05, 0) is 25.0 Å². The molecular formula is C15H17N3O2S. The van der Waals surface area contributed by atoms with Gasteiger partial charge in [-0.3, -0.25) is 4.79 Å². The van der Waals surface area contributed by atoms with E-state index in [-0.39, 0.29) is 5.78 Å². The molecule has 110 valence electrons. The Bertz CT molecular complexity index is 665. The molecule has 1 heterocycles. The summed E-state index contributed by atoms with van der Waals surface area (Å²) in [5.74, 6) is 2.71. The molecular weight excluding hydrogens is 286 g/mol. The molecule has 5 nitrogen and oxygen atoms in total. The van der Waals surface area contributed by atoms with Crippen LogP contribution in [0.2, 0.25) is 0 Å². The number of ether oxygens (including phenoxy) is 1. The molecule has 6 heteroatoms. The number of hydrogen-bond acceptors (Lipinski definition) is 5. The molecule has 0 saturated heterocycles. The van der Waals surface area contributed by atoms with Gasteiger partial charge in [0.2, 0.25) is 0 Å². The summed E-state index contributed by atoms with van der Waals surface area (Å²) in [6.07, 6.45) is 2.39. The van der Waals surface area contributed by atoms with Gasteiger partial charge in [0, 0.05) is 18.5 Å². The van der Waals surface area contributed by atoms with Crippen LogP contribution in [0.3, 0.4) is 0 Å². The number of hydrogen-bond donors (Lipinski definition) is 0. The minimum atomic E-state index is 0.0647. The van der Waals surface area contributed by atoms with E-state index in [0.717, 1.165) is 11.0 Å². The van der Waals surface area contributed by atoms with Gasteiger partial charge < -0.3 is 9.30 Å². The molecule has 3 rings (SSSR count). The van der Waals surface area contributed by atoms with Crippen molar-refractivity contribution in [3.8, 4) is 5.75 Å². The average molecular weight is 303 g/mol. The highest BCUT2D eigenvalue weighted by molar-refractivity contribution is 7.99. The van der Waals surface area contributed by atoms with Gasteiger partial charge in [0.1, 0.15) is 11.6 Å². The molecule has 2 aromatic rings. The minimum Gasteiger partial charge on any atom is -0.497 e. The smallest absolute Gasteiger partial charge is 0.191 e. The van der Waals surface area contributed by atoms with E-state index in [1.807, 2.05) is 23.7 Å². The van der Waals surface area contributed by atoms with Gasteiger partial charge in [-0.15, -0.1) is 10.2 Å². The van der Waals surface area contributed by atoms with Crippen LogP contribution in [0.1, 0.15) is 34.9 Å². The van der Waals surface area contributed by atoms with E-state index in [4.69, 9.17) is 4.74 Å². The largest absolute Gasteiger partial charge is 0.497 e. The number of nitrogens with zero attached hydrogens (tertiary/aromatic N) is 3. The van der Waals surface area contributed by atoms with Crippen LogP contribution in [0.15, 0.2) is 29.4 Å². The van der Waals surface area contributed by atoms with E-state index < -0.39 is 0 Å². The van der Waals surface area contributed by atoms with E-state index in [0.29, 0.717) is 23.0 Å². The van der Waals surface area contributed by atoms with Gasteiger partial charge in [-0.2, -0.15) is 0 Å². The summed E-state index contributed by atoms with van der Waals surface area (Å²) in [5.41, 5.74) is 0.659. The summed E-state index contributed by atoms with van der Waals surface area (Å²) in [6.45, 7) is 0. The SMILES string of the molecule is COc1cccc(C(=O)CSc2nnc(C3CC3)n2C)c1. The van der Waals surface area contributed by atoms with Crippen LogP contribution in [0, 0.1) is 0 Å². The van der Waals surface area contributed by atoms with Gasteiger partial charge in [-0.25, -0.2) is 0 Å². The zero-order valence-corrected chi connectivity index (χ0v) is 12.9. The number of benzene rings is 1. The van der Waals surface area contributed by atoms with Crippen LogP contribution in [0.5, 0.6) is 5.75 Å². The summed E-state index contributed by atoms with van der Waals surface area (Å²) in [7, 11) is 3.56. The van der Waals surface area contributed by atoms with Crippen LogP contribution in [-0.4, -0.2) is 33.4 Å². The van der Waals surface area contributed by atoms with Gasteiger partial charge in [0.25, 0.3) is 0 Å². The van der Waals surface area contributed by atoms with Crippen molar-refractivity contribution in [3.05, 3.63) is 35.7 Å². The number of Topliss-reactive ketones (excluding diaryl/α,β-unsaturated/α-hetero) is 1. The number of methoxy groups -OCH3 is 1. The van der Waals surface area contributed by atoms with Crippen LogP contribution < -0.4 is 4.74 Å². The first kappa shape index (κ1) is 14.1. The molecule has 1 aliphatic carbocycles. The Hall–Kier alpha value is -1.82. The number of carbonyl (C=O) groups excluding carboxylic acids is 1. The Morgan fingerprint density at radius 1 is 1.43 bits per heavy atom. The minimum absolute atomic E-state index is 0.0647. The normalized spacial score (nSPS) is 14.2. The first-order chi connectivity index (χ1) is 10.2. The first-order valence-corrected chi connectivity index (χ1v) is 7.87. The van der Waals surface area contributed by atoms with Crippen LogP contribution in [0.25, 0.3) is 0 Å². The molecule has 0 bridgehead atoms. The third kappa shape index (κ3) is 3.10. The van der Waals surface area contributed by atoms with Crippen LogP contribution in [-0.2, 0) is 7.05 Å². The molecule has 0 amide bonds. The van der Waals surface area contributed by atoms with Crippen molar-refractivity contribution >= 4 is 17.5 Å². The maximum atomic E-state index is 12.2. The standard InChI is InChI=1S/C15H17N3O2S/c1-18-14(10-6-7-10)16-17-15(18)21-9-13(19)11-4-3-5-12(8-11)20-2/h3-5,8,10H,6-7,9H2,1-2H3. The zero-order valence-electron chi connectivity index (χ0n) is 12.1. The molecule has 0 atom stereocenters. The average Bonchev–Trinajstić information content (AvgIpc) is 3.29. The number of carbonyl (C=O) groups is 1. The predicted molar refractivity (Wildman–Crippen MR) is 81.0 cm³/mol. The number of rotatable bonds is 6. The molecule has 21 heavy (non-hydrogen) atoms. The molecule has 0 aliphatic heterocycles.